The molecule has 2 atom stereocenters. The predicted molar refractivity (Wildman–Crippen MR) is 58.8 cm³/mol. The second kappa shape index (κ2) is 5.35. The molecule has 1 saturated carbocycles. The highest BCUT2D eigenvalue weighted by Crippen LogP contribution is 2.33. The zero-order valence-electron chi connectivity index (χ0n) is 9.05. The first-order valence-corrected chi connectivity index (χ1v) is 5.68. The van der Waals surface area contributed by atoms with Crippen molar-refractivity contribution in [3.8, 4) is 0 Å². The van der Waals surface area contributed by atoms with Crippen molar-refractivity contribution in [3.63, 3.8) is 0 Å². The lowest BCUT2D eigenvalue weighted by Crippen LogP contribution is -2.45. The molecular formula is C10H17ClN2O2. The highest BCUT2D eigenvalue weighted by Gasteiger charge is 2.24. The summed E-state index contributed by atoms with van der Waals surface area (Å²) in [5.41, 5.74) is 0. The van der Waals surface area contributed by atoms with E-state index in [2.05, 4.69) is 10.6 Å². The monoisotopic (exact) mass is 232 g/mol. The molecular weight excluding hydrogens is 216 g/mol. The summed E-state index contributed by atoms with van der Waals surface area (Å²) in [6.07, 6.45) is 3.49. The molecule has 1 aliphatic rings. The third kappa shape index (κ3) is 5.02. The van der Waals surface area contributed by atoms with Crippen LogP contribution in [0.15, 0.2) is 0 Å². The van der Waals surface area contributed by atoms with Crippen LogP contribution in [-0.4, -0.2) is 23.4 Å². The van der Waals surface area contributed by atoms with Crippen molar-refractivity contribution in [2.45, 2.75) is 44.5 Å². The number of carbonyl (C=O) groups is 2. The summed E-state index contributed by atoms with van der Waals surface area (Å²) >= 11 is 5.51. The maximum absolute atomic E-state index is 11.3. The van der Waals surface area contributed by atoms with Crippen LogP contribution in [0.3, 0.4) is 0 Å². The van der Waals surface area contributed by atoms with Crippen molar-refractivity contribution in [3.05, 3.63) is 0 Å². The third-order valence-corrected chi connectivity index (χ3v) is 2.56. The number of hydrogen-bond acceptors (Lipinski definition) is 2. The largest absolute Gasteiger partial charge is 0.335 e. The van der Waals surface area contributed by atoms with Crippen molar-refractivity contribution in [2.75, 3.05) is 0 Å². The number of hydrogen-bond donors (Lipinski definition) is 2. The Morgan fingerprint density at radius 1 is 1.40 bits per heavy atom. The van der Waals surface area contributed by atoms with Gasteiger partial charge < -0.3 is 5.32 Å². The van der Waals surface area contributed by atoms with Gasteiger partial charge >= 0.3 is 6.03 Å². The Labute approximate surface area is 94.7 Å². The van der Waals surface area contributed by atoms with Crippen LogP contribution in [0.25, 0.3) is 0 Å². The molecule has 1 aliphatic carbocycles. The Hall–Kier alpha value is -0.770. The average molecular weight is 233 g/mol. The van der Waals surface area contributed by atoms with Crippen molar-refractivity contribution in [1.82, 2.24) is 10.6 Å². The number of nitrogens with one attached hydrogen (secondary N) is 2. The first-order chi connectivity index (χ1) is 6.99. The van der Waals surface area contributed by atoms with E-state index in [1.807, 2.05) is 6.92 Å². The van der Waals surface area contributed by atoms with Gasteiger partial charge in [-0.1, -0.05) is 12.8 Å². The summed E-state index contributed by atoms with van der Waals surface area (Å²) in [6.45, 7) is 3.46. The zero-order chi connectivity index (χ0) is 11.4. The fraction of sp³-hybridized carbons (Fsp3) is 0.800. The second-order valence-corrected chi connectivity index (χ2v) is 4.81. The van der Waals surface area contributed by atoms with Crippen LogP contribution in [0.2, 0.25) is 0 Å². The van der Waals surface area contributed by atoms with Gasteiger partial charge in [0.25, 0.3) is 0 Å². The van der Waals surface area contributed by atoms with E-state index < -0.39 is 17.3 Å². The molecule has 0 aromatic carbocycles. The smallest absolute Gasteiger partial charge is 0.321 e. The van der Waals surface area contributed by atoms with E-state index in [4.69, 9.17) is 11.6 Å². The molecule has 0 spiro atoms. The molecule has 15 heavy (non-hydrogen) atoms. The minimum atomic E-state index is -0.686. The highest BCUT2D eigenvalue weighted by molar-refractivity contribution is 6.31. The molecule has 0 heterocycles. The molecule has 1 rings (SSSR count). The molecule has 2 unspecified atom stereocenters. The SMILES string of the molecule is CC(CC1CC1)NC(=O)NC(=O)C(C)Cl. The Balaban J connectivity index is 2.19. The van der Waals surface area contributed by atoms with Crippen LogP contribution in [0.5, 0.6) is 0 Å². The number of halogens is 1. The standard InChI is InChI=1S/C10H17ClN2O2/c1-6(5-8-3-4-8)12-10(15)13-9(14)7(2)11/h6-8H,3-5H2,1-2H3,(H2,12,13,14,15). The molecule has 0 saturated heterocycles. The van der Waals surface area contributed by atoms with Crippen molar-refractivity contribution in [2.24, 2.45) is 5.92 Å². The van der Waals surface area contributed by atoms with Gasteiger partial charge in [0.1, 0.15) is 5.38 Å². The lowest BCUT2D eigenvalue weighted by Gasteiger charge is -2.13. The summed E-state index contributed by atoms with van der Waals surface area (Å²) in [6, 6.07) is -0.350. The summed E-state index contributed by atoms with van der Waals surface area (Å²) < 4.78 is 0. The summed E-state index contributed by atoms with van der Waals surface area (Å²) in [4.78, 5) is 22.3. The zero-order valence-corrected chi connectivity index (χ0v) is 9.80. The number of amides is 3. The predicted octanol–water partition coefficient (Wildman–Crippen LogP) is 1.63. The van der Waals surface area contributed by atoms with Crippen LogP contribution >= 0.6 is 11.6 Å². The van der Waals surface area contributed by atoms with Crippen LogP contribution in [0, 0.1) is 5.92 Å². The van der Waals surface area contributed by atoms with Crippen molar-refractivity contribution < 1.29 is 9.59 Å². The highest BCUT2D eigenvalue weighted by atomic mass is 35.5. The van der Waals surface area contributed by atoms with Gasteiger partial charge in [-0.3, -0.25) is 10.1 Å². The molecule has 86 valence electrons. The molecule has 0 radical (unpaired) electrons. The maximum Gasteiger partial charge on any atom is 0.321 e. The van der Waals surface area contributed by atoms with Gasteiger partial charge in [0.2, 0.25) is 5.91 Å². The number of urea groups is 1. The van der Waals surface area contributed by atoms with Gasteiger partial charge in [-0.05, 0) is 26.2 Å². The van der Waals surface area contributed by atoms with E-state index in [1.165, 1.54) is 19.8 Å². The van der Waals surface area contributed by atoms with Crippen LogP contribution in [-0.2, 0) is 4.79 Å². The lowest BCUT2D eigenvalue weighted by molar-refractivity contribution is -0.119. The summed E-state index contributed by atoms with van der Waals surface area (Å²) in [7, 11) is 0. The minimum absolute atomic E-state index is 0.107. The number of carbonyl (C=O) groups excluding carboxylic acids is 2. The molecule has 3 amide bonds. The minimum Gasteiger partial charge on any atom is -0.335 e. The van der Waals surface area contributed by atoms with E-state index in [0.29, 0.717) is 0 Å². The number of imide groups is 1. The Morgan fingerprint density at radius 2 is 2.00 bits per heavy atom. The topological polar surface area (TPSA) is 58.2 Å². The molecule has 0 aliphatic heterocycles. The Bertz CT molecular complexity index is 252. The van der Waals surface area contributed by atoms with Gasteiger partial charge in [0.15, 0.2) is 0 Å². The van der Waals surface area contributed by atoms with E-state index in [0.717, 1.165) is 12.3 Å². The van der Waals surface area contributed by atoms with E-state index in [1.54, 1.807) is 0 Å². The van der Waals surface area contributed by atoms with Gasteiger partial charge in [-0.25, -0.2) is 4.79 Å². The van der Waals surface area contributed by atoms with Crippen LogP contribution in [0.4, 0.5) is 4.79 Å². The fourth-order valence-corrected chi connectivity index (χ4v) is 1.44. The van der Waals surface area contributed by atoms with Gasteiger partial charge in [-0.2, -0.15) is 0 Å². The van der Waals surface area contributed by atoms with E-state index in [-0.39, 0.29) is 6.04 Å². The summed E-state index contributed by atoms with van der Waals surface area (Å²) in [5, 5.41) is 4.20. The molecule has 2 N–H and O–H groups in total. The van der Waals surface area contributed by atoms with Crippen LogP contribution in [0.1, 0.15) is 33.1 Å². The van der Waals surface area contributed by atoms with Crippen molar-refractivity contribution in [1.29, 1.82) is 0 Å². The van der Waals surface area contributed by atoms with E-state index >= 15 is 0 Å². The maximum atomic E-state index is 11.3. The quantitative estimate of drug-likeness (QED) is 0.724. The van der Waals surface area contributed by atoms with Crippen LogP contribution < -0.4 is 10.6 Å². The molecule has 0 aromatic rings. The Kier molecular flexibility index (Phi) is 4.39. The Morgan fingerprint density at radius 3 is 2.47 bits per heavy atom. The second-order valence-electron chi connectivity index (χ2n) is 4.16. The number of rotatable bonds is 4. The lowest BCUT2D eigenvalue weighted by atomic mass is 10.2. The molecule has 1 fully saturated rings. The van der Waals surface area contributed by atoms with E-state index in [9.17, 15) is 9.59 Å². The first kappa shape index (κ1) is 12.3. The third-order valence-electron chi connectivity index (χ3n) is 2.36. The van der Waals surface area contributed by atoms with Gasteiger partial charge in [0, 0.05) is 6.04 Å². The normalized spacial score (nSPS) is 19.1. The van der Waals surface area contributed by atoms with Gasteiger partial charge in [0.05, 0.1) is 0 Å². The molecule has 0 aromatic heterocycles. The van der Waals surface area contributed by atoms with Crippen molar-refractivity contribution >= 4 is 23.5 Å². The number of alkyl halides is 1. The summed E-state index contributed by atoms with van der Waals surface area (Å²) in [5.74, 6) is 0.288. The molecule has 5 heteroatoms. The fourth-order valence-electron chi connectivity index (χ4n) is 1.38. The van der Waals surface area contributed by atoms with Gasteiger partial charge in [-0.15, -0.1) is 11.6 Å². The average Bonchev–Trinajstić information content (AvgIpc) is 2.86. The molecule has 0 bridgehead atoms. The molecule has 4 nitrogen and oxygen atoms in total. The first-order valence-electron chi connectivity index (χ1n) is 5.24.